The number of aromatic nitrogens is 1. The summed E-state index contributed by atoms with van der Waals surface area (Å²) in [6, 6.07) is 1.73. The zero-order chi connectivity index (χ0) is 14.2. The third-order valence-electron chi connectivity index (χ3n) is 2.96. The van der Waals surface area contributed by atoms with Crippen LogP contribution in [0.15, 0.2) is 32.3 Å². The van der Waals surface area contributed by atoms with Gasteiger partial charge in [0.2, 0.25) is 5.89 Å². The van der Waals surface area contributed by atoms with Gasteiger partial charge >= 0.3 is 0 Å². The summed E-state index contributed by atoms with van der Waals surface area (Å²) in [6.45, 7) is 9.81. The first kappa shape index (κ1) is 14.1. The number of hydrogen-bond acceptors (Lipinski definition) is 4. The molecule has 2 heterocycles. The van der Waals surface area contributed by atoms with Crippen LogP contribution in [0, 0.1) is 6.92 Å². The second-order valence-corrected chi connectivity index (χ2v) is 7.34. The highest BCUT2D eigenvalue weighted by Crippen LogP contribution is 2.30. The van der Waals surface area contributed by atoms with Crippen LogP contribution >= 0.6 is 0 Å². The summed E-state index contributed by atoms with van der Waals surface area (Å²) in [6.07, 6.45) is 3.26. The molecule has 0 amide bonds. The fourth-order valence-corrected chi connectivity index (χ4v) is 2.88. The van der Waals surface area contributed by atoms with Crippen LogP contribution in [0.2, 0.25) is 0 Å². The van der Waals surface area contributed by atoms with E-state index in [1.165, 1.54) is 0 Å². The van der Waals surface area contributed by atoms with Crippen molar-refractivity contribution in [3.05, 3.63) is 35.9 Å². The second-order valence-electron chi connectivity index (χ2n) is 5.59. The van der Waals surface area contributed by atoms with Gasteiger partial charge in [-0.1, -0.05) is 20.8 Å². The van der Waals surface area contributed by atoms with Crippen LogP contribution in [0.3, 0.4) is 0 Å². The van der Waals surface area contributed by atoms with Crippen molar-refractivity contribution in [3.63, 3.8) is 0 Å². The Morgan fingerprint density at radius 2 is 2.05 bits per heavy atom. The van der Waals surface area contributed by atoms with Gasteiger partial charge in [-0.25, -0.2) is 4.98 Å². The van der Waals surface area contributed by atoms with Gasteiger partial charge in [-0.2, -0.15) is 0 Å². The Kier molecular flexibility index (Phi) is 3.67. The fourth-order valence-electron chi connectivity index (χ4n) is 1.69. The van der Waals surface area contributed by atoms with E-state index < -0.39 is 10.8 Å². The van der Waals surface area contributed by atoms with Gasteiger partial charge in [0, 0.05) is 5.41 Å². The molecule has 0 bridgehead atoms. The minimum atomic E-state index is -1.22. The largest absolute Gasteiger partial charge is 0.468 e. The maximum absolute atomic E-state index is 12.4. The van der Waals surface area contributed by atoms with E-state index in [0.717, 1.165) is 5.76 Å². The summed E-state index contributed by atoms with van der Waals surface area (Å²) in [4.78, 5) is 4.95. The summed E-state index contributed by atoms with van der Waals surface area (Å²) < 4.78 is 23.4. The zero-order valence-electron chi connectivity index (χ0n) is 11.9. The highest BCUT2D eigenvalue weighted by molar-refractivity contribution is 7.85. The topological polar surface area (TPSA) is 56.2 Å². The van der Waals surface area contributed by atoms with Gasteiger partial charge in [-0.15, -0.1) is 0 Å². The predicted molar refractivity (Wildman–Crippen MR) is 73.5 cm³/mol. The average molecular weight is 281 g/mol. The molecule has 0 saturated carbocycles. The normalized spacial score (nSPS) is 15.4. The molecule has 0 aliphatic rings. The van der Waals surface area contributed by atoms with Crippen LogP contribution in [0.4, 0.5) is 0 Å². The molecule has 0 aliphatic carbocycles. The van der Waals surface area contributed by atoms with E-state index in [1.54, 1.807) is 25.5 Å². The van der Waals surface area contributed by atoms with Crippen molar-refractivity contribution in [2.24, 2.45) is 0 Å². The van der Waals surface area contributed by atoms with Crippen molar-refractivity contribution in [1.29, 1.82) is 0 Å². The highest BCUT2D eigenvalue weighted by Gasteiger charge is 2.26. The fraction of sp³-hybridized carbons (Fsp3) is 0.500. The Morgan fingerprint density at radius 1 is 1.37 bits per heavy atom. The molecule has 0 aliphatic heterocycles. The first-order chi connectivity index (χ1) is 8.80. The molecule has 2 unspecified atom stereocenters. The van der Waals surface area contributed by atoms with Crippen molar-refractivity contribution in [1.82, 2.24) is 4.98 Å². The lowest BCUT2D eigenvalue weighted by molar-refractivity contribution is 0.382. The molecule has 0 fully saturated rings. The Balaban J connectivity index is 2.25. The quantitative estimate of drug-likeness (QED) is 0.860. The van der Waals surface area contributed by atoms with Gasteiger partial charge in [0.1, 0.15) is 16.8 Å². The van der Waals surface area contributed by atoms with E-state index in [0.29, 0.717) is 16.5 Å². The number of nitrogens with zero attached hydrogens (tertiary/aromatic N) is 1. The standard InChI is InChI=1S/C14H19NO3S/c1-9-11(6-7-17-9)19(16)10(2)13-15-8-12(18-13)14(3,4)5/h6-8,10H,1-5H3. The molecule has 0 aromatic carbocycles. The van der Waals surface area contributed by atoms with Gasteiger partial charge in [-0.3, -0.25) is 4.21 Å². The van der Waals surface area contributed by atoms with Crippen molar-refractivity contribution in [3.8, 4) is 0 Å². The van der Waals surface area contributed by atoms with Crippen LogP contribution in [0.1, 0.15) is 50.4 Å². The number of furan rings is 1. The van der Waals surface area contributed by atoms with Crippen LogP contribution in [0.5, 0.6) is 0 Å². The Morgan fingerprint density at radius 3 is 2.53 bits per heavy atom. The monoisotopic (exact) mass is 281 g/mol. The minimum absolute atomic E-state index is 0.0992. The van der Waals surface area contributed by atoms with E-state index in [9.17, 15) is 4.21 Å². The van der Waals surface area contributed by atoms with Gasteiger partial charge in [0.15, 0.2) is 0 Å². The van der Waals surface area contributed by atoms with Crippen molar-refractivity contribution in [2.45, 2.75) is 50.2 Å². The molecule has 2 aromatic heterocycles. The van der Waals surface area contributed by atoms with Gasteiger partial charge in [-0.05, 0) is 19.9 Å². The summed E-state index contributed by atoms with van der Waals surface area (Å²) in [5.41, 5.74) is -0.0992. The van der Waals surface area contributed by atoms with E-state index in [4.69, 9.17) is 8.83 Å². The van der Waals surface area contributed by atoms with Crippen molar-refractivity contribution in [2.75, 3.05) is 0 Å². The van der Waals surface area contributed by atoms with Gasteiger partial charge in [0.05, 0.1) is 28.2 Å². The molecule has 0 saturated heterocycles. The van der Waals surface area contributed by atoms with Crippen LogP contribution in [-0.4, -0.2) is 9.19 Å². The maximum Gasteiger partial charge on any atom is 0.210 e. The molecule has 19 heavy (non-hydrogen) atoms. The third-order valence-corrected chi connectivity index (χ3v) is 4.66. The molecule has 2 aromatic rings. The molecule has 2 atom stereocenters. The predicted octanol–water partition coefficient (Wildman–Crippen LogP) is 3.74. The summed E-state index contributed by atoms with van der Waals surface area (Å²) in [5.74, 6) is 1.98. The van der Waals surface area contributed by atoms with Crippen LogP contribution in [-0.2, 0) is 16.2 Å². The van der Waals surface area contributed by atoms with Crippen molar-refractivity contribution >= 4 is 10.8 Å². The Hall–Kier alpha value is -1.36. The molecule has 104 valence electrons. The number of rotatable bonds is 3. The molecule has 0 radical (unpaired) electrons. The van der Waals surface area contributed by atoms with E-state index >= 15 is 0 Å². The van der Waals surface area contributed by atoms with E-state index in [1.807, 2.05) is 6.92 Å². The summed E-state index contributed by atoms with van der Waals surface area (Å²) >= 11 is 0. The molecule has 0 spiro atoms. The second kappa shape index (κ2) is 4.96. The van der Waals surface area contributed by atoms with Crippen LogP contribution < -0.4 is 0 Å². The minimum Gasteiger partial charge on any atom is -0.468 e. The molecular formula is C14H19NO3S. The number of hydrogen-bond donors (Lipinski definition) is 0. The molecule has 0 N–H and O–H groups in total. The lowest BCUT2D eigenvalue weighted by Gasteiger charge is -2.13. The smallest absolute Gasteiger partial charge is 0.210 e. The number of oxazole rings is 1. The Labute approximate surface area is 115 Å². The van der Waals surface area contributed by atoms with Crippen molar-refractivity contribution < 1.29 is 13.0 Å². The average Bonchev–Trinajstić information content (AvgIpc) is 2.94. The first-order valence-electron chi connectivity index (χ1n) is 6.21. The summed E-state index contributed by atoms with van der Waals surface area (Å²) in [5, 5.41) is -0.299. The Bertz CT molecular complexity index is 592. The first-order valence-corrected chi connectivity index (χ1v) is 7.43. The molecule has 5 heteroatoms. The van der Waals surface area contributed by atoms with Crippen LogP contribution in [0.25, 0.3) is 0 Å². The maximum atomic E-state index is 12.4. The number of aryl methyl sites for hydroxylation is 1. The lowest BCUT2D eigenvalue weighted by atomic mass is 9.94. The molecule has 2 rings (SSSR count). The molecular weight excluding hydrogens is 262 g/mol. The SMILES string of the molecule is Cc1occc1S(=O)C(C)c1ncc(C(C)(C)C)o1. The van der Waals surface area contributed by atoms with E-state index in [2.05, 4.69) is 25.8 Å². The van der Waals surface area contributed by atoms with Gasteiger partial charge < -0.3 is 8.83 Å². The zero-order valence-corrected chi connectivity index (χ0v) is 12.7. The van der Waals surface area contributed by atoms with Gasteiger partial charge in [0.25, 0.3) is 0 Å². The summed E-state index contributed by atoms with van der Waals surface area (Å²) in [7, 11) is -1.22. The highest BCUT2D eigenvalue weighted by atomic mass is 32.2. The third kappa shape index (κ3) is 2.81. The molecule has 4 nitrogen and oxygen atoms in total. The van der Waals surface area contributed by atoms with E-state index in [-0.39, 0.29) is 10.7 Å². The lowest BCUT2D eigenvalue weighted by Crippen LogP contribution is -2.09.